The van der Waals surface area contributed by atoms with Crippen LogP contribution < -0.4 is 5.73 Å². The standard InChI is InChI=1S/C15H26N2O/c1-10(11-5-6-11)17(13-7-8-13)15(18)9-12-3-2-4-14(12)16/h10-14H,2-9,16H2,1H3/t10?,12-,14+/m0/s1. The zero-order valence-electron chi connectivity index (χ0n) is 11.5. The van der Waals surface area contributed by atoms with Gasteiger partial charge in [0.2, 0.25) is 5.91 Å². The fraction of sp³-hybridized carbons (Fsp3) is 0.933. The van der Waals surface area contributed by atoms with Crippen molar-refractivity contribution >= 4 is 5.91 Å². The van der Waals surface area contributed by atoms with Gasteiger partial charge in [0.05, 0.1) is 0 Å². The molecule has 1 unspecified atom stereocenters. The second kappa shape index (κ2) is 4.84. The van der Waals surface area contributed by atoms with Crippen molar-refractivity contribution in [3.05, 3.63) is 0 Å². The van der Waals surface area contributed by atoms with Crippen molar-refractivity contribution in [2.45, 2.75) is 76.4 Å². The molecule has 0 aromatic heterocycles. The van der Waals surface area contributed by atoms with Crippen LogP contribution in [0.2, 0.25) is 0 Å². The molecular weight excluding hydrogens is 224 g/mol. The molecule has 0 saturated heterocycles. The molecule has 3 fully saturated rings. The summed E-state index contributed by atoms with van der Waals surface area (Å²) in [5, 5.41) is 0. The average Bonchev–Trinajstić information content (AvgIpc) is 3.22. The van der Waals surface area contributed by atoms with Crippen molar-refractivity contribution in [2.24, 2.45) is 17.6 Å². The molecule has 0 aromatic carbocycles. The van der Waals surface area contributed by atoms with Gasteiger partial charge in [-0.25, -0.2) is 0 Å². The summed E-state index contributed by atoms with van der Waals surface area (Å²) in [5.74, 6) is 1.62. The van der Waals surface area contributed by atoms with Crippen LogP contribution in [-0.2, 0) is 4.79 Å². The smallest absolute Gasteiger partial charge is 0.223 e. The van der Waals surface area contributed by atoms with Crippen LogP contribution in [0.3, 0.4) is 0 Å². The summed E-state index contributed by atoms with van der Waals surface area (Å²) < 4.78 is 0. The van der Waals surface area contributed by atoms with Crippen LogP contribution in [0.1, 0.15) is 58.3 Å². The maximum atomic E-state index is 12.6. The van der Waals surface area contributed by atoms with E-state index in [9.17, 15) is 4.79 Å². The molecule has 0 bridgehead atoms. The van der Waals surface area contributed by atoms with E-state index in [1.54, 1.807) is 0 Å². The summed E-state index contributed by atoms with van der Waals surface area (Å²) in [5.41, 5.74) is 6.10. The molecule has 3 atom stereocenters. The lowest BCUT2D eigenvalue weighted by Gasteiger charge is -2.31. The highest BCUT2D eigenvalue weighted by Crippen LogP contribution is 2.40. The number of nitrogens with two attached hydrogens (primary N) is 1. The van der Waals surface area contributed by atoms with Crippen molar-refractivity contribution < 1.29 is 4.79 Å². The zero-order chi connectivity index (χ0) is 12.7. The van der Waals surface area contributed by atoms with E-state index in [1.165, 1.54) is 32.1 Å². The number of rotatable bonds is 5. The Balaban J connectivity index is 1.60. The SMILES string of the molecule is CC(C1CC1)N(C(=O)C[C@@H]1CCC[C@H]1N)C1CC1. The van der Waals surface area contributed by atoms with E-state index in [1.807, 2.05) is 0 Å². The quantitative estimate of drug-likeness (QED) is 0.813. The second-order valence-corrected chi connectivity index (χ2v) is 6.67. The number of amides is 1. The molecule has 1 amide bonds. The van der Waals surface area contributed by atoms with Gasteiger partial charge < -0.3 is 10.6 Å². The lowest BCUT2D eigenvalue weighted by atomic mass is 9.98. The maximum absolute atomic E-state index is 12.6. The monoisotopic (exact) mass is 250 g/mol. The van der Waals surface area contributed by atoms with Gasteiger partial charge in [0, 0.05) is 24.5 Å². The molecular formula is C15H26N2O. The first kappa shape index (κ1) is 12.5. The highest BCUT2D eigenvalue weighted by molar-refractivity contribution is 5.77. The minimum atomic E-state index is 0.270. The normalized spacial score (nSPS) is 33.4. The number of hydrogen-bond acceptors (Lipinski definition) is 2. The summed E-state index contributed by atoms with van der Waals surface area (Å²) in [6.45, 7) is 2.25. The fourth-order valence-electron chi connectivity index (χ4n) is 3.57. The third kappa shape index (κ3) is 2.56. The Morgan fingerprint density at radius 3 is 2.44 bits per heavy atom. The van der Waals surface area contributed by atoms with E-state index >= 15 is 0 Å². The molecule has 3 nitrogen and oxygen atoms in total. The van der Waals surface area contributed by atoms with Gasteiger partial charge in [0.25, 0.3) is 0 Å². The molecule has 3 heteroatoms. The molecule has 3 rings (SSSR count). The Morgan fingerprint density at radius 2 is 1.94 bits per heavy atom. The summed E-state index contributed by atoms with van der Waals surface area (Å²) in [7, 11) is 0. The third-order valence-electron chi connectivity index (χ3n) is 5.13. The molecule has 0 radical (unpaired) electrons. The van der Waals surface area contributed by atoms with Gasteiger partial charge in [-0.05, 0) is 57.3 Å². The van der Waals surface area contributed by atoms with Gasteiger partial charge in [0.15, 0.2) is 0 Å². The van der Waals surface area contributed by atoms with Crippen LogP contribution >= 0.6 is 0 Å². The van der Waals surface area contributed by atoms with E-state index < -0.39 is 0 Å². The molecule has 3 saturated carbocycles. The molecule has 0 aromatic rings. The van der Waals surface area contributed by atoms with E-state index in [0.29, 0.717) is 30.3 Å². The van der Waals surface area contributed by atoms with Gasteiger partial charge in [0.1, 0.15) is 0 Å². The predicted octanol–water partition coefficient (Wildman–Crippen LogP) is 2.29. The Kier molecular flexibility index (Phi) is 3.35. The Labute approximate surface area is 110 Å². The first-order chi connectivity index (χ1) is 8.66. The minimum absolute atomic E-state index is 0.270. The Hall–Kier alpha value is -0.570. The van der Waals surface area contributed by atoms with E-state index in [-0.39, 0.29) is 6.04 Å². The molecule has 2 N–H and O–H groups in total. The number of hydrogen-bond donors (Lipinski definition) is 1. The second-order valence-electron chi connectivity index (χ2n) is 6.67. The Bertz CT molecular complexity index is 322. The maximum Gasteiger partial charge on any atom is 0.223 e. The lowest BCUT2D eigenvalue weighted by Crippen LogP contribution is -2.43. The highest BCUT2D eigenvalue weighted by Gasteiger charge is 2.42. The average molecular weight is 250 g/mol. The van der Waals surface area contributed by atoms with Crippen LogP contribution in [-0.4, -0.2) is 28.9 Å². The van der Waals surface area contributed by atoms with Gasteiger partial charge in [-0.1, -0.05) is 6.42 Å². The molecule has 0 aliphatic heterocycles. The van der Waals surface area contributed by atoms with Gasteiger partial charge in [-0.15, -0.1) is 0 Å². The summed E-state index contributed by atoms with van der Waals surface area (Å²) >= 11 is 0. The van der Waals surface area contributed by atoms with E-state index in [4.69, 9.17) is 5.73 Å². The summed E-state index contributed by atoms with van der Waals surface area (Å²) in [6, 6.07) is 1.31. The molecule has 0 spiro atoms. The molecule has 3 aliphatic rings. The topological polar surface area (TPSA) is 46.3 Å². The highest BCUT2D eigenvalue weighted by atomic mass is 16.2. The van der Waals surface area contributed by atoms with Gasteiger partial charge >= 0.3 is 0 Å². The third-order valence-corrected chi connectivity index (χ3v) is 5.13. The molecule has 3 aliphatic carbocycles. The van der Waals surface area contributed by atoms with Crippen molar-refractivity contribution in [3.63, 3.8) is 0 Å². The van der Waals surface area contributed by atoms with Crippen LogP contribution in [0.5, 0.6) is 0 Å². The Morgan fingerprint density at radius 1 is 1.22 bits per heavy atom. The minimum Gasteiger partial charge on any atom is -0.337 e. The summed E-state index contributed by atoms with van der Waals surface area (Å²) in [6.07, 6.45) is 9.26. The number of nitrogens with zero attached hydrogens (tertiary/aromatic N) is 1. The lowest BCUT2D eigenvalue weighted by molar-refractivity contribution is -0.135. The van der Waals surface area contributed by atoms with Crippen LogP contribution in [0, 0.1) is 11.8 Å². The van der Waals surface area contributed by atoms with Crippen molar-refractivity contribution in [1.82, 2.24) is 4.90 Å². The summed E-state index contributed by atoms with van der Waals surface area (Å²) in [4.78, 5) is 14.8. The van der Waals surface area contributed by atoms with Crippen LogP contribution in [0.15, 0.2) is 0 Å². The fourth-order valence-corrected chi connectivity index (χ4v) is 3.57. The first-order valence-corrected chi connectivity index (χ1v) is 7.73. The van der Waals surface area contributed by atoms with Crippen molar-refractivity contribution in [2.75, 3.05) is 0 Å². The van der Waals surface area contributed by atoms with E-state index in [0.717, 1.165) is 18.8 Å². The predicted molar refractivity (Wildman–Crippen MR) is 72.0 cm³/mol. The molecule has 0 heterocycles. The van der Waals surface area contributed by atoms with Gasteiger partial charge in [-0.2, -0.15) is 0 Å². The first-order valence-electron chi connectivity index (χ1n) is 7.73. The van der Waals surface area contributed by atoms with Crippen molar-refractivity contribution in [1.29, 1.82) is 0 Å². The largest absolute Gasteiger partial charge is 0.337 e. The van der Waals surface area contributed by atoms with Gasteiger partial charge in [-0.3, -0.25) is 4.79 Å². The van der Waals surface area contributed by atoms with Crippen LogP contribution in [0.25, 0.3) is 0 Å². The molecule has 102 valence electrons. The number of carbonyl (C=O) groups is 1. The van der Waals surface area contributed by atoms with E-state index in [2.05, 4.69) is 11.8 Å². The zero-order valence-corrected chi connectivity index (χ0v) is 11.5. The number of carbonyl (C=O) groups excluding carboxylic acids is 1. The van der Waals surface area contributed by atoms with Crippen molar-refractivity contribution in [3.8, 4) is 0 Å². The van der Waals surface area contributed by atoms with Crippen LogP contribution in [0.4, 0.5) is 0 Å². The molecule has 18 heavy (non-hydrogen) atoms.